The maximum atomic E-state index is 13.0. The molecule has 0 heterocycles. The molecule has 138 valence electrons. The second-order valence-corrected chi connectivity index (χ2v) is 5.95. The number of methoxy groups -OCH3 is 2. The molecule has 0 aliphatic heterocycles. The van der Waals surface area contributed by atoms with Crippen molar-refractivity contribution in [1.82, 2.24) is 0 Å². The molecule has 0 amide bonds. The molecule has 0 atom stereocenters. The fourth-order valence-electron chi connectivity index (χ4n) is 2.37. The SMILES string of the molecule is COC(=O)c1cc(O)cc(OC)c1C(=O)c1c([O-])c(Cl)c(C)c(Cl)c1O. The van der Waals surface area contributed by atoms with Crippen LogP contribution in [-0.2, 0) is 4.74 Å². The third-order valence-electron chi connectivity index (χ3n) is 3.70. The molecule has 0 unspecified atom stereocenters. The maximum absolute atomic E-state index is 13.0. The van der Waals surface area contributed by atoms with Gasteiger partial charge in [-0.1, -0.05) is 29.0 Å². The summed E-state index contributed by atoms with van der Waals surface area (Å²) in [7, 11) is 2.27. The monoisotopic (exact) mass is 399 g/mol. The standard InChI is InChI=1S/C17H14Cl2O7/c1-6-12(18)15(22)11(16(23)13(6)19)14(21)10-8(17(24)26-3)4-7(20)5-9(10)25-2/h4-5,20,22-23H,1-3H3/p-1. The van der Waals surface area contributed by atoms with Gasteiger partial charge in [-0.15, -0.1) is 0 Å². The molecule has 0 aliphatic carbocycles. The molecule has 0 radical (unpaired) electrons. The molecule has 0 bridgehead atoms. The number of rotatable bonds is 4. The quantitative estimate of drug-likeness (QED) is 0.599. The van der Waals surface area contributed by atoms with E-state index >= 15 is 0 Å². The fraction of sp³-hybridized carbons (Fsp3) is 0.176. The Morgan fingerprint density at radius 1 is 1.08 bits per heavy atom. The third-order valence-corrected chi connectivity index (χ3v) is 4.61. The van der Waals surface area contributed by atoms with Gasteiger partial charge in [0, 0.05) is 11.1 Å². The average Bonchev–Trinajstić information content (AvgIpc) is 2.63. The maximum Gasteiger partial charge on any atom is 0.338 e. The van der Waals surface area contributed by atoms with Gasteiger partial charge in [0.05, 0.1) is 35.9 Å². The van der Waals surface area contributed by atoms with E-state index in [4.69, 9.17) is 27.9 Å². The predicted octanol–water partition coefficient (Wildman–Crippen LogP) is 2.81. The number of phenols is 2. The Labute approximate surface area is 158 Å². The number of carbonyl (C=O) groups is 2. The highest BCUT2D eigenvalue weighted by Crippen LogP contribution is 2.44. The Hall–Kier alpha value is -2.64. The number of benzene rings is 2. The molecule has 0 saturated carbocycles. The van der Waals surface area contributed by atoms with E-state index in [0.29, 0.717) is 0 Å². The molecule has 0 aromatic heterocycles. The summed E-state index contributed by atoms with van der Waals surface area (Å²) in [6.45, 7) is 1.40. The van der Waals surface area contributed by atoms with Crippen LogP contribution in [0, 0.1) is 6.92 Å². The molecule has 0 aliphatic rings. The molecule has 2 aromatic carbocycles. The van der Waals surface area contributed by atoms with E-state index in [2.05, 4.69) is 4.74 Å². The van der Waals surface area contributed by atoms with Gasteiger partial charge in [0.15, 0.2) is 0 Å². The zero-order chi connectivity index (χ0) is 19.8. The van der Waals surface area contributed by atoms with Crippen molar-refractivity contribution in [1.29, 1.82) is 0 Å². The highest BCUT2D eigenvalue weighted by Gasteiger charge is 2.29. The molecule has 0 saturated heterocycles. The van der Waals surface area contributed by atoms with Crippen LogP contribution in [0.25, 0.3) is 0 Å². The first-order valence-electron chi connectivity index (χ1n) is 7.07. The van der Waals surface area contributed by atoms with Gasteiger partial charge in [0.2, 0.25) is 5.78 Å². The van der Waals surface area contributed by atoms with Gasteiger partial charge < -0.3 is 24.8 Å². The fourth-order valence-corrected chi connectivity index (χ4v) is 2.80. The van der Waals surface area contributed by atoms with E-state index in [1.54, 1.807) is 0 Å². The summed E-state index contributed by atoms with van der Waals surface area (Å²) in [6.07, 6.45) is 0. The molecular formula is C17H13Cl2O7-. The highest BCUT2D eigenvalue weighted by molar-refractivity contribution is 6.39. The number of esters is 1. The first-order valence-corrected chi connectivity index (χ1v) is 7.82. The number of hydrogen-bond donors (Lipinski definition) is 2. The topological polar surface area (TPSA) is 116 Å². The second-order valence-electron chi connectivity index (χ2n) is 5.20. The minimum atomic E-state index is -1.06. The van der Waals surface area contributed by atoms with Gasteiger partial charge in [0.1, 0.15) is 17.2 Å². The van der Waals surface area contributed by atoms with E-state index in [1.165, 1.54) is 14.0 Å². The molecule has 0 spiro atoms. The van der Waals surface area contributed by atoms with Gasteiger partial charge in [-0.2, -0.15) is 0 Å². The smallest absolute Gasteiger partial charge is 0.338 e. The van der Waals surface area contributed by atoms with Crippen LogP contribution in [0.1, 0.15) is 31.8 Å². The Bertz CT molecular complexity index is 893. The summed E-state index contributed by atoms with van der Waals surface area (Å²) in [5.74, 6) is -4.32. The lowest BCUT2D eigenvalue weighted by Gasteiger charge is -2.21. The zero-order valence-electron chi connectivity index (χ0n) is 13.8. The lowest BCUT2D eigenvalue weighted by Crippen LogP contribution is -2.15. The average molecular weight is 400 g/mol. The summed E-state index contributed by atoms with van der Waals surface area (Å²) in [6, 6.07) is 2.04. The molecule has 26 heavy (non-hydrogen) atoms. The molecule has 2 rings (SSSR count). The van der Waals surface area contributed by atoms with Crippen LogP contribution >= 0.6 is 23.2 Å². The lowest BCUT2D eigenvalue weighted by molar-refractivity contribution is -0.268. The van der Waals surface area contributed by atoms with Gasteiger partial charge in [-0.05, 0) is 18.6 Å². The lowest BCUT2D eigenvalue weighted by atomic mass is 9.94. The molecule has 0 fully saturated rings. The second kappa shape index (κ2) is 7.31. The van der Waals surface area contributed by atoms with E-state index in [9.17, 15) is 24.9 Å². The normalized spacial score (nSPS) is 10.5. The molecular weight excluding hydrogens is 387 g/mol. The van der Waals surface area contributed by atoms with Crippen molar-refractivity contribution in [2.75, 3.05) is 14.2 Å². The summed E-state index contributed by atoms with van der Waals surface area (Å²) >= 11 is 11.8. The van der Waals surface area contributed by atoms with Crippen molar-refractivity contribution in [2.24, 2.45) is 0 Å². The molecule has 2 N–H and O–H groups in total. The van der Waals surface area contributed by atoms with E-state index in [-0.39, 0.29) is 38.2 Å². The Morgan fingerprint density at radius 3 is 2.23 bits per heavy atom. The predicted molar refractivity (Wildman–Crippen MR) is 91.7 cm³/mol. The van der Waals surface area contributed by atoms with Crippen LogP contribution in [0.4, 0.5) is 0 Å². The van der Waals surface area contributed by atoms with Gasteiger partial charge >= 0.3 is 5.97 Å². The van der Waals surface area contributed by atoms with Crippen LogP contribution in [0.5, 0.6) is 23.0 Å². The van der Waals surface area contributed by atoms with Gasteiger partial charge in [0.25, 0.3) is 0 Å². The highest BCUT2D eigenvalue weighted by atomic mass is 35.5. The van der Waals surface area contributed by atoms with Crippen molar-refractivity contribution < 1.29 is 34.4 Å². The third kappa shape index (κ3) is 3.11. The van der Waals surface area contributed by atoms with E-state index in [0.717, 1.165) is 19.2 Å². The molecule has 9 heteroatoms. The number of aromatic hydroxyl groups is 2. The summed E-state index contributed by atoms with van der Waals surface area (Å²) in [4.78, 5) is 25.0. The molecule has 2 aromatic rings. The summed E-state index contributed by atoms with van der Waals surface area (Å²) < 4.78 is 9.62. The van der Waals surface area contributed by atoms with Crippen molar-refractivity contribution in [3.8, 4) is 23.0 Å². The largest absolute Gasteiger partial charge is 0.871 e. The van der Waals surface area contributed by atoms with Crippen LogP contribution in [0.3, 0.4) is 0 Å². The number of ether oxygens (including phenoxy) is 2. The van der Waals surface area contributed by atoms with Crippen molar-refractivity contribution in [3.63, 3.8) is 0 Å². The van der Waals surface area contributed by atoms with Crippen LogP contribution in [0.2, 0.25) is 10.0 Å². The van der Waals surface area contributed by atoms with Gasteiger partial charge in [-0.3, -0.25) is 4.79 Å². The van der Waals surface area contributed by atoms with Crippen LogP contribution in [-0.4, -0.2) is 36.2 Å². The first kappa shape index (κ1) is 19.7. The van der Waals surface area contributed by atoms with E-state index in [1.807, 2.05) is 0 Å². The number of hydrogen-bond acceptors (Lipinski definition) is 7. The zero-order valence-corrected chi connectivity index (χ0v) is 15.4. The minimum absolute atomic E-state index is 0.109. The number of phenolic OH excluding ortho intramolecular Hbond substituents is 2. The van der Waals surface area contributed by atoms with Crippen molar-refractivity contribution in [2.45, 2.75) is 6.92 Å². The Kier molecular flexibility index (Phi) is 5.53. The number of carbonyl (C=O) groups excluding carboxylic acids is 2. The Balaban J connectivity index is 2.86. The summed E-state index contributed by atoms with van der Waals surface area (Å²) in [5.41, 5.74) is -1.36. The van der Waals surface area contributed by atoms with Crippen molar-refractivity contribution in [3.05, 3.63) is 44.4 Å². The van der Waals surface area contributed by atoms with Crippen molar-refractivity contribution >= 4 is 35.0 Å². The van der Waals surface area contributed by atoms with Crippen LogP contribution < -0.4 is 9.84 Å². The number of halogens is 2. The van der Waals surface area contributed by atoms with Crippen LogP contribution in [0.15, 0.2) is 12.1 Å². The van der Waals surface area contributed by atoms with E-state index < -0.39 is 28.8 Å². The minimum Gasteiger partial charge on any atom is -0.871 e. The first-order chi connectivity index (χ1) is 12.1. The summed E-state index contributed by atoms with van der Waals surface area (Å²) in [5, 5.41) is 31.7. The Morgan fingerprint density at radius 2 is 1.69 bits per heavy atom. The number of ketones is 1. The van der Waals surface area contributed by atoms with Gasteiger partial charge in [-0.25, -0.2) is 4.79 Å². The molecule has 7 nitrogen and oxygen atoms in total.